The van der Waals surface area contributed by atoms with Gasteiger partial charge in [0.15, 0.2) is 0 Å². The van der Waals surface area contributed by atoms with Gasteiger partial charge in [-0.25, -0.2) is 8.42 Å². The Bertz CT molecular complexity index is 1000. The Balaban J connectivity index is 1.68. The molecule has 0 aromatic heterocycles. The number of rotatable bonds is 7. The van der Waals surface area contributed by atoms with E-state index in [1.165, 1.54) is 4.31 Å². The average Bonchev–Trinajstić information content (AvgIpc) is 2.69. The van der Waals surface area contributed by atoms with Crippen LogP contribution in [0.3, 0.4) is 0 Å². The Morgan fingerprint density at radius 2 is 1.73 bits per heavy atom. The summed E-state index contributed by atoms with van der Waals surface area (Å²) in [5.41, 5.74) is 1.38. The largest absolute Gasteiger partial charge is 0.491 e. The molecule has 0 bridgehead atoms. The molecule has 1 aliphatic heterocycles. The number of carbonyl (C=O) groups is 1. The minimum atomic E-state index is -3.59. The van der Waals surface area contributed by atoms with Crippen molar-refractivity contribution in [2.24, 2.45) is 0 Å². The van der Waals surface area contributed by atoms with Crippen molar-refractivity contribution in [3.63, 3.8) is 0 Å². The maximum absolute atomic E-state index is 13.0. The van der Waals surface area contributed by atoms with Crippen molar-refractivity contribution in [2.75, 3.05) is 31.1 Å². The van der Waals surface area contributed by atoms with Crippen molar-refractivity contribution in [3.8, 4) is 5.75 Å². The molecule has 1 saturated heterocycles. The zero-order valence-electron chi connectivity index (χ0n) is 16.9. The van der Waals surface area contributed by atoms with Crippen LogP contribution in [0.1, 0.15) is 19.4 Å². The molecule has 0 spiro atoms. The van der Waals surface area contributed by atoms with E-state index in [-0.39, 0.29) is 17.4 Å². The third-order valence-electron chi connectivity index (χ3n) is 4.81. The third-order valence-corrected chi connectivity index (χ3v) is 7.09. The second-order valence-electron chi connectivity index (χ2n) is 7.38. The van der Waals surface area contributed by atoms with Gasteiger partial charge in [-0.2, -0.15) is 4.31 Å². The Morgan fingerprint density at radius 3 is 2.30 bits per heavy atom. The van der Waals surface area contributed by atoms with Gasteiger partial charge >= 0.3 is 5.97 Å². The summed E-state index contributed by atoms with van der Waals surface area (Å²) in [5, 5.41) is 9.44. The summed E-state index contributed by atoms with van der Waals surface area (Å²) in [5.74, 6) is -0.316. The predicted molar refractivity (Wildman–Crippen MR) is 116 cm³/mol. The summed E-state index contributed by atoms with van der Waals surface area (Å²) in [4.78, 5) is 13.3. The number of halogens is 1. The van der Waals surface area contributed by atoms with Crippen LogP contribution in [0.2, 0.25) is 5.02 Å². The molecule has 2 aromatic carbocycles. The van der Waals surface area contributed by atoms with Gasteiger partial charge in [0.2, 0.25) is 10.0 Å². The van der Waals surface area contributed by atoms with Crippen LogP contribution < -0.4 is 9.64 Å². The third kappa shape index (κ3) is 5.24. The highest BCUT2D eigenvalue weighted by Gasteiger charge is 2.28. The number of aliphatic carboxylic acids is 1. The standard InChI is InChI=1S/C21H25ClN2O5S/c1-15(2)29-18-4-6-19(7-5-18)30(27,28)24-11-9-23(10-12-24)17-3-8-20(22)16(13-17)14-21(25)26/h3-8,13,15H,9-12,14H2,1-2H3,(H,25,26). The molecule has 162 valence electrons. The maximum Gasteiger partial charge on any atom is 0.307 e. The van der Waals surface area contributed by atoms with Crippen LogP contribution >= 0.6 is 11.6 Å². The fourth-order valence-electron chi connectivity index (χ4n) is 3.35. The Hall–Kier alpha value is -2.29. The molecule has 30 heavy (non-hydrogen) atoms. The molecule has 0 atom stereocenters. The van der Waals surface area contributed by atoms with Crippen LogP contribution in [0.5, 0.6) is 5.75 Å². The Morgan fingerprint density at radius 1 is 1.10 bits per heavy atom. The minimum Gasteiger partial charge on any atom is -0.491 e. The van der Waals surface area contributed by atoms with Crippen LogP contribution in [-0.2, 0) is 21.2 Å². The number of piperazine rings is 1. The molecule has 7 nitrogen and oxygen atoms in total. The minimum absolute atomic E-state index is 0.0180. The first-order chi connectivity index (χ1) is 14.2. The molecule has 3 rings (SSSR count). The molecular formula is C21H25ClN2O5S. The van der Waals surface area contributed by atoms with Crippen molar-refractivity contribution in [3.05, 3.63) is 53.1 Å². The van der Waals surface area contributed by atoms with Crippen LogP contribution in [0.15, 0.2) is 47.4 Å². The summed E-state index contributed by atoms with van der Waals surface area (Å²) in [6, 6.07) is 11.7. The van der Waals surface area contributed by atoms with E-state index in [2.05, 4.69) is 0 Å². The monoisotopic (exact) mass is 452 g/mol. The zero-order chi connectivity index (χ0) is 21.9. The van der Waals surface area contributed by atoms with Gasteiger partial charge < -0.3 is 14.7 Å². The summed E-state index contributed by atoms with van der Waals surface area (Å²) in [7, 11) is -3.59. The maximum atomic E-state index is 13.0. The highest BCUT2D eigenvalue weighted by Crippen LogP contribution is 2.26. The van der Waals surface area contributed by atoms with Crippen molar-refractivity contribution < 1.29 is 23.1 Å². The molecule has 1 fully saturated rings. The number of nitrogens with zero attached hydrogens (tertiary/aromatic N) is 2. The SMILES string of the molecule is CC(C)Oc1ccc(S(=O)(=O)N2CCN(c3ccc(Cl)c(CC(=O)O)c3)CC2)cc1. The van der Waals surface area contributed by atoms with E-state index in [1.807, 2.05) is 24.8 Å². The van der Waals surface area contributed by atoms with Crippen LogP contribution in [0, 0.1) is 0 Å². The van der Waals surface area contributed by atoms with Gasteiger partial charge in [-0.15, -0.1) is 0 Å². The molecule has 0 amide bonds. The number of sulfonamides is 1. The lowest BCUT2D eigenvalue weighted by Gasteiger charge is -2.35. The Labute approximate surface area is 181 Å². The lowest BCUT2D eigenvalue weighted by atomic mass is 10.1. The molecule has 0 aliphatic carbocycles. The smallest absolute Gasteiger partial charge is 0.307 e. The van der Waals surface area contributed by atoms with Gasteiger partial charge in [0.25, 0.3) is 0 Å². The molecule has 1 aliphatic rings. The number of hydrogen-bond donors (Lipinski definition) is 1. The van der Waals surface area contributed by atoms with Crippen molar-refractivity contribution in [1.82, 2.24) is 4.31 Å². The quantitative estimate of drug-likeness (QED) is 0.693. The number of benzene rings is 2. The molecule has 9 heteroatoms. The van der Waals surface area contributed by atoms with Crippen molar-refractivity contribution >= 4 is 33.3 Å². The molecular weight excluding hydrogens is 428 g/mol. The van der Waals surface area contributed by atoms with Gasteiger partial charge in [-0.05, 0) is 61.9 Å². The van der Waals surface area contributed by atoms with Gasteiger partial charge in [0.1, 0.15) is 5.75 Å². The van der Waals surface area contributed by atoms with E-state index in [0.717, 1.165) is 5.69 Å². The molecule has 2 aromatic rings. The normalized spacial score (nSPS) is 15.4. The van der Waals surface area contributed by atoms with Crippen LogP contribution in [0.25, 0.3) is 0 Å². The first-order valence-electron chi connectivity index (χ1n) is 9.69. The van der Waals surface area contributed by atoms with E-state index in [1.54, 1.807) is 36.4 Å². The lowest BCUT2D eigenvalue weighted by molar-refractivity contribution is -0.136. The number of hydrogen-bond acceptors (Lipinski definition) is 5. The predicted octanol–water partition coefficient (Wildman–Crippen LogP) is 3.27. The van der Waals surface area contributed by atoms with Crippen molar-refractivity contribution in [2.45, 2.75) is 31.3 Å². The summed E-state index contributed by atoms with van der Waals surface area (Å²) >= 11 is 6.09. The summed E-state index contributed by atoms with van der Waals surface area (Å²) in [6.45, 7) is 5.50. The van der Waals surface area contributed by atoms with E-state index >= 15 is 0 Å². The molecule has 0 unspecified atom stereocenters. The lowest BCUT2D eigenvalue weighted by Crippen LogP contribution is -2.48. The fourth-order valence-corrected chi connectivity index (χ4v) is 4.96. The summed E-state index contributed by atoms with van der Waals surface area (Å²) < 4.78 is 33.0. The number of carboxylic acids is 1. The van der Waals surface area contributed by atoms with E-state index in [4.69, 9.17) is 21.4 Å². The highest BCUT2D eigenvalue weighted by atomic mass is 35.5. The molecule has 1 N–H and O–H groups in total. The number of carboxylic acid groups (broad SMARTS) is 1. The van der Waals surface area contributed by atoms with Crippen molar-refractivity contribution in [1.29, 1.82) is 0 Å². The second kappa shape index (κ2) is 9.24. The first-order valence-corrected chi connectivity index (χ1v) is 11.5. The first kappa shape index (κ1) is 22.4. The topological polar surface area (TPSA) is 87.2 Å². The zero-order valence-corrected chi connectivity index (χ0v) is 18.5. The van der Waals surface area contributed by atoms with Gasteiger partial charge in [0, 0.05) is 36.9 Å². The van der Waals surface area contributed by atoms with Crippen LogP contribution in [0.4, 0.5) is 5.69 Å². The van der Waals surface area contributed by atoms with Gasteiger partial charge in [-0.1, -0.05) is 11.6 Å². The summed E-state index contributed by atoms with van der Waals surface area (Å²) in [6.07, 6.45) is -0.137. The van der Waals surface area contributed by atoms with Crippen LogP contribution in [-0.4, -0.2) is 56.1 Å². The Kier molecular flexibility index (Phi) is 6.90. The molecule has 0 saturated carbocycles. The molecule has 0 radical (unpaired) electrons. The van der Waals surface area contributed by atoms with E-state index in [9.17, 15) is 13.2 Å². The second-order valence-corrected chi connectivity index (χ2v) is 9.72. The van der Waals surface area contributed by atoms with Gasteiger partial charge in [-0.3, -0.25) is 4.79 Å². The van der Waals surface area contributed by atoms with E-state index in [0.29, 0.717) is 42.5 Å². The van der Waals surface area contributed by atoms with Gasteiger partial charge in [0.05, 0.1) is 17.4 Å². The average molecular weight is 453 g/mol. The number of ether oxygens (including phenoxy) is 1. The fraction of sp³-hybridized carbons (Fsp3) is 0.381. The number of anilines is 1. The molecule has 1 heterocycles. The highest BCUT2D eigenvalue weighted by molar-refractivity contribution is 7.89. The van der Waals surface area contributed by atoms with E-state index < -0.39 is 16.0 Å².